The highest BCUT2D eigenvalue weighted by molar-refractivity contribution is 7.90. The second kappa shape index (κ2) is 6.19. The number of rotatable bonds is 4. The van der Waals surface area contributed by atoms with Crippen LogP contribution in [0.15, 0.2) is 0 Å². The third-order valence-corrected chi connectivity index (χ3v) is 5.92. The third kappa shape index (κ3) is 3.90. The number of sulfonamides is 1. The number of hydrogen-bond acceptors (Lipinski definition) is 4. The van der Waals surface area contributed by atoms with Crippen LogP contribution in [0, 0.1) is 0 Å². The third-order valence-electron chi connectivity index (χ3n) is 4.02. The molecule has 1 heterocycles. The van der Waals surface area contributed by atoms with E-state index in [0.717, 1.165) is 38.8 Å². The molecule has 1 saturated carbocycles. The van der Waals surface area contributed by atoms with Gasteiger partial charge in [0.15, 0.2) is 0 Å². The van der Waals surface area contributed by atoms with Gasteiger partial charge in [-0.25, -0.2) is 13.1 Å². The lowest BCUT2D eigenvalue weighted by molar-refractivity contribution is -0.131. The molecule has 0 aromatic heterocycles. The fourth-order valence-electron chi connectivity index (χ4n) is 2.65. The quantitative estimate of drug-likeness (QED) is 0.766. The van der Waals surface area contributed by atoms with Crippen LogP contribution in [-0.4, -0.2) is 69.1 Å². The summed E-state index contributed by atoms with van der Waals surface area (Å²) >= 11 is 0. The minimum atomic E-state index is -3.31. The van der Waals surface area contributed by atoms with E-state index in [0.29, 0.717) is 13.1 Å². The number of likely N-dealkylation sites (N-methyl/N-ethyl adjacent to an activating group) is 1. The van der Waals surface area contributed by atoms with Crippen LogP contribution in [0.5, 0.6) is 0 Å². The standard InChI is InChI=1S/C12H23N3O3S/c1-14-6-8-15(9-7-14)12(16)10-13-19(17,18)11-4-2-3-5-11/h11,13H,2-10H2,1H3. The second-order valence-corrected chi connectivity index (χ2v) is 7.50. The van der Waals surface area contributed by atoms with Gasteiger partial charge in [0.2, 0.25) is 15.9 Å². The normalized spacial score (nSPS) is 22.9. The number of carbonyl (C=O) groups is 1. The zero-order chi connectivity index (χ0) is 13.9. The van der Waals surface area contributed by atoms with E-state index in [1.165, 1.54) is 0 Å². The van der Waals surface area contributed by atoms with Crippen molar-refractivity contribution in [1.82, 2.24) is 14.5 Å². The Morgan fingerprint density at radius 1 is 1.16 bits per heavy atom. The molecule has 6 nitrogen and oxygen atoms in total. The molecular weight excluding hydrogens is 266 g/mol. The summed E-state index contributed by atoms with van der Waals surface area (Å²) in [4.78, 5) is 15.8. The Bertz CT molecular complexity index is 410. The van der Waals surface area contributed by atoms with Gasteiger partial charge in [-0.1, -0.05) is 12.8 Å². The average molecular weight is 289 g/mol. The van der Waals surface area contributed by atoms with Crippen molar-refractivity contribution in [3.63, 3.8) is 0 Å². The van der Waals surface area contributed by atoms with Crippen LogP contribution >= 0.6 is 0 Å². The number of nitrogens with zero attached hydrogens (tertiary/aromatic N) is 2. The Labute approximate surface area is 115 Å². The van der Waals surface area contributed by atoms with Crippen LogP contribution in [-0.2, 0) is 14.8 Å². The first-order chi connectivity index (χ1) is 8.99. The molecule has 19 heavy (non-hydrogen) atoms. The summed E-state index contributed by atoms with van der Waals surface area (Å²) in [6, 6.07) is 0. The van der Waals surface area contributed by atoms with Gasteiger partial charge in [-0.2, -0.15) is 0 Å². The van der Waals surface area contributed by atoms with Gasteiger partial charge < -0.3 is 9.80 Å². The van der Waals surface area contributed by atoms with Crippen molar-refractivity contribution in [3.8, 4) is 0 Å². The van der Waals surface area contributed by atoms with Crippen molar-refractivity contribution in [3.05, 3.63) is 0 Å². The van der Waals surface area contributed by atoms with Gasteiger partial charge in [0.25, 0.3) is 0 Å². The van der Waals surface area contributed by atoms with E-state index in [1.54, 1.807) is 4.90 Å². The summed E-state index contributed by atoms with van der Waals surface area (Å²) in [5, 5.41) is -0.298. The molecule has 1 aliphatic carbocycles. The van der Waals surface area contributed by atoms with Crippen molar-refractivity contribution in [1.29, 1.82) is 0 Å². The Morgan fingerprint density at radius 3 is 2.32 bits per heavy atom. The molecule has 0 spiro atoms. The summed E-state index contributed by atoms with van der Waals surface area (Å²) in [6.07, 6.45) is 3.38. The monoisotopic (exact) mass is 289 g/mol. The molecule has 0 aromatic carbocycles. The highest BCUT2D eigenvalue weighted by Crippen LogP contribution is 2.23. The van der Waals surface area contributed by atoms with Crippen LogP contribution in [0.1, 0.15) is 25.7 Å². The van der Waals surface area contributed by atoms with E-state index in [2.05, 4.69) is 9.62 Å². The van der Waals surface area contributed by atoms with Crippen LogP contribution in [0.4, 0.5) is 0 Å². The number of hydrogen-bond donors (Lipinski definition) is 1. The molecule has 110 valence electrons. The molecule has 0 atom stereocenters. The SMILES string of the molecule is CN1CCN(C(=O)CNS(=O)(=O)C2CCCC2)CC1. The van der Waals surface area contributed by atoms with E-state index in [1.807, 2.05) is 7.05 Å². The van der Waals surface area contributed by atoms with Crippen LogP contribution < -0.4 is 4.72 Å². The number of carbonyl (C=O) groups excluding carboxylic acids is 1. The molecule has 0 aromatic rings. The van der Waals surface area contributed by atoms with Crippen LogP contribution in [0.2, 0.25) is 0 Å². The molecule has 0 radical (unpaired) electrons. The largest absolute Gasteiger partial charge is 0.339 e. The van der Waals surface area contributed by atoms with Crippen molar-refractivity contribution < 1.29 is 13.2 Å². The lowest BCUT2D eigenvalue weighted by Crippen LogP contribution is -2.50. The minimum Gasteiger partial charge on any atom is -0.339 e. The van der Waals surface area contributed by atoms with Gasteiger partial charge in [-0.3, -0.25) is 4.79 Å². The zero-order valence-corrected chi connectivity index (χ0v) is 12.3. The summed E-state index contributed by atoms with van der Waals surface area (Å²) < 4.78 is 26.4. The van der Waals surface area contributed by atoms with E-state index in [-0.39, 0.29) is 17.7 Å². The van der Waals surface area contributed by atoms with Crippen molar-refractivity contribution >= 4 is 15.9 Å². The molecule has 2 rings (SSSR count). The summed E-state index contributed by atoms with van der Waals surface area (Å²) in [5.41, 5.74) is 0. The molecule has 1 N–H and O–H groups in total. The van der Waals surface area contributed by atoms with E-state index < -0.39 is 10.0 Å². The predicted molar refractivity (Wildman–Crippen MR) is 73.3 cm³/mol. The summed E-state index contributed by atoms with van der Waals surface area (Å²) in [5.74, 6) is -0.116. The Hall–Kier alpha value is -0.660. The first-order valence-corrected chi connectivity index (χ1v) is 8.48. The molecule has 1 aliphatic heterocycles. The van der Waals surface area contributed by atoms with E-state index >= 15 is 0 Å². The van der Waals surface area contributed by atoms with Crippen molar-refractivity contribution in [2.45, 2.75) is 30.9 Å². The lowest BCUT2D eigenvalue weighted by Gasteiger charge is -2.32. The first kappa shape index (κ1) is 14.7. The lowest BCUT2D eigenvalue weighted by atomic mass is 10.3. The molecule has 0 unspecified atom stereocenters. The maximum absolute atomic E-state index is 12.0. The number of nitrogens with one attached hydrogen (secondary N) is 1. The Morgan fingerprint density at radius 2 is 1.74 bits per heavy atom. The van der Waals surface area contributed by atoms with Crippen LogP contribution in [0.3, 0.4) is 0 Å². The highest BCUT2D eigenvalue weighted by Gasteiger charge is 2.29. The number of amides is 1. The zero-order valence-electron chi connectivity index (χ0n) is 11.5. The van der Waals surface area contributed by atoms with Crippen molar-refractivity contribution in [2.24, 2.45) is 0 Å². The maximum atomic E-state index is 12.0. The fourth-order valence-corrected chi connectivity index (χ4v) is 4.16. The van der Waals surface area contributed by atoms with Gasteiger partial charge >= 0.3 is 0 Å². The first-order valence-electron chi connectivity index (χ1n) is 6.94. The van der Waals surface area contributed by atoms with Gasteiger partial charge in [-0.05, 0) is 19.9 Å². The highest BCUT2D eigenvalue weighted by atomic mass is 32.2. The maximum Gasteiger partial charge on any atom is 0.237 e. The van der Waals surface area contributed by atoms with Gasteiger partial charge in [-0.15, -0.1) is 0 Å². The molecule has 0 bridgehead atoms. The minimum absolute atomic E-state index is 0.0947. The Kier molecular flexibility index (Phi) is 4.81. The van der Waals surface area contributed by atoms with Gasteiger partial charge in [0.05, 0.1) is 11.8 Å². The second-order valence-electron chi connectivity index (χ2n) is 5.46. The van der Waals surface area contributed by atoms with Gasteiger partial charge in [0, 0.05) is 26.2 Å². The molecule has 2 fully saturated rings. The van der Waals surface area contributed by atoms with Gasteiger partial charge in [0.1, 0.15) is 0 Å². The molecule has 7 heteroatoms. The summed E-state index contributed by atoms with van der Waals surface area (Å²) in [7, 11) is -1.29. The van der Waals surface area contributed by atoms with Crippen molar-refractivity contribution in [2.75, 3.05) is 39.8 Å². The predicted octanol–water partition coefficient (Wildman–Crippen LogP) is -0.378. The molecule has 1 saturated heterocycles. The van der Waals surface area contributed by atoms with Crippen LogP contribution in [0.25, 0.3) is 0 Å². The average Bonchev–Trinajstić information content (AvgIpc) is 2.91. The topological polar surface area (TPSA) is 69.7 Å². The Balaban J connectivity index is 1.79. The molecule has 1 amide bonds. The molecule has 2 aliphatic rings. The molecular formula is C12H23N3O3S. The van der Waals surface area contributed by atoms with E-state index in [4.69, 9.17) is 0 Å². The number of piperazine rings is 1. The smallest absolute Gasteiger partial charge is 0.237 e. The van der Waals surface area contributed by atoms with E-state index in [9.17, 15) is 13.2 Å². The summed E-state index contributed by atoms with van der Waals surface area (Å²) in [6.45, 7) is 2.96. The fraction of sp³-hybridized carbons (Fsp3) is 0.917.